The Hall–Kier alpha value is -2.28. The maximum absolute atomic E-state index is 13.2. The lowest BCUT2D eigenvalue weighted by Gasteiger charge is -2.44. The molecule has 1 aromatic carbocycles. The highest BCUT2D eigenvalue weighted by Crippen LogP contribution is 2.32. The van der Waals surface area contributed by atoms with Gasteiger partial charge in [0, 0.05) is 45.3 Å². The zero-order valence-electron chi connectivity index (χ0n) is 17.0. The number of benzene rings is 1. The number of amides is 2. The van der Waals surface area contributed by atoms with Gasteiger partial charge in [-0.2, -0.15) is 0 Å². The molecule has 7 heteroatoms. The quantitative estimate of drug-likeness (QED) is 0.772. The zero-order chi connectivity index (χ0) is 20.1. The second-order valence-electron chi connectivity index (χ2n) is 7.36. The summed E-state index contributed by atoms with van der Waals surface area (Å²) in [7, 11) is 3.10. The van der Waals surface area contributed by atoms with E-state index in [0.717, 1.165) is 25.7 Å². The van der Waals surface area contributed by atoms with E-state index < -0.39 is 0 Å². The van der Waals surface area contributed by atoms with Crippen LogP contribution in [0.4, 0.5) is 0 Å². The van der Waals surface area contributed by atoms with Crippen molar-refractivity contribution >= 4 is 11.8 Å². The van der Waals surface area contributed by atoms with Gasteiger partial charge in [0.1, 0.15) is 0 Å². The first-order chi connectivity index (χ1) is 13.6. The van der Waals surface area contributed by atoms with E-state index in [9.17, 15) is 9.59 Å². The van der Waals surface area contributed by atoms with Crippen molar-refractivity contribution in [2.75, 3.05) is 40.5 Å². The number of hydrogen-bond donors (Lipinski definition) is 0. The maximum atomic E-state index is 13.2. The molecule has 0 aliphatic carbocycles. The molecule has 154 valence electrons. The van der Waals surface area contributed by atoms with Crippen LogP contribution in [0, 0.1) is 0 Å². The number of likely N-dealkylation sites (tertiary alicyclic amines) is 1. The molecule has 0 aromatic heterocycles. The molecule has 0 spiro atoms. The van der Waals surface area contributed by atoms with Crippen LogP contribution < -0.4 is 9.47 Å². The smallest absolute Gasteiger partial charge is 0.257 e. The Kier molecular flexibility index (Phi) is 6.78. The Labute approximate surface area is 166 Å². The summed E-state index contributed by atoms with van der Waals surface area (Å²) in [6.45, 7) is 4.21. The molecule has 0 radical (unpaired) electrons. The highest BCUT2D eigenvalue weighted by atomic mass is 16.5. The van der Waals surface area contributed by atoms with E-state index in [4.69, 9.17) is 14.2 Å². The fraction of sp³-hybridized carbons (Fsp3) is 0.619. The van der Waals surface area contributed by atoms with E-state index in [1.807, 2.05) is 9.80 Å². The third kappa shape index (κ3) is 4.24. The molecule has 2 fully saturated rings. The standard InChI is InChI=1S/C21H30N2O5/c1-15(24)23(16-9-12-28-13-10-16)17-6-5-11-22(14-17)21(25)18-7-4-8-19(26-2)20(18)27-3/h4,7-8,16-17H,5-6,9-14H2,1-3H3. The number of para-hydroxylation sites is 1. The molecule has 1 unspecified atom stereocenters. The summed E-state index contributed by atoms with van der Waals surface area (Å²) < 4.78 is 16.2. The molecule has 0 N–H and O–H groups in total. The molecule has 0 bridgehead atoms. The van der Waals surface area contributed by atoms with Gasteiger partial charge in [-0.15, -0.1) is 0 Å². The number of hydrogen-bond acceptors (Lipinski definition) is 5. The summed E-state index contributed by atoms with van der Waals surface area (Å²) in [6, 6.07) is 5.55. The Morgan fingerprint density at radius 3 is 2.50 bits per heavy atom. The van der Waals surface area contributed by atoms with Gasteiger partial charge in [0.25, 0.3) is 5.91 Å². The van der Waals surface area contributed by atoms with Crippen LogP contribution in [0.3, 0.4) is 0 Å². The second-order valence-corrected chi connectivity index (χ2v) is 7.36. The minimum absolute atomic E-state index is 0.0369. The van der Waals surface area contributed by atoms with E-state index in [2.05, 4.69) is 0 Å². The largest absolute Gasteiger partial charge is 0.493 e. The lowest BCUT2D eigenvalue weighted by molar-refractivity contribution is -0.137. The van der Waals surface area contributed by atoms with E-state index in [1.54, 1.807) is 32.2 Å². The lowest BCUT2D eigenvalue weighted by Crippen LogP contribution is -2.55. The van der Waals surface area contributed by atoms with Crippen molar-refractivity contribution in [3.63, 3.8) is 0 Å². The van der Waals surface area contributed by atoms with E-state index in [-0.39, 0.29) is 23.9 Å². The molecule has 2 saturated heterocycles. The molecule has 3 rings (SSSR count). The van der Waals surface area contributed by atoms with Crippen molar-refractivity contribution in [3.05, 3.63) is 23.8 Å². The maximum Gasteiger partial charge on any atom is 0.257 e. The molecule has 7 nitrogen and oxygen atoms in total. The Morgan fingerprint density at radius 2 is 1.86 bits per heavy atom. The van der Waals surface area contributed by atoms with Crippen LogP contribution in [-0.4, -0.2) is 74.2 Å². The van der Waals surface area contributed by atoms with Gasteiger partial charge in [0.2, 0.25) is 5.91 Å². The SMILES string of the molecule is COc1cccc(C(=O)N2CCCC(N(C(C)=O)C3CCOCC3)C2)c1OC. The highest BCUT2D eigenvalue weighted by Gasteiger charge is 2.35. The zero-order valence-corrected chi connectivity index (χ0v) is 17.0. The molecule has 1 atom stereocenters. The minimum atomic E-state index is -0.0871. The van der Waals surface area contributed by atoms with Gasteiger partial charge in [-0.3, -0.25) is 9.59 Å². The number of nitrogens with zero attached hydrogens (tertiary/aromatic N) is 2. The lowest BCUT2D eigenvalue weighted by atomic mass is 9.98. The van der Waals surface area contributed by atoms with Crippen molar-refractivity contribution in [2.45, 2.75) is 44.7 Å². The summed E-state index contributed by atoms with van der Waals surface area (Å²) >= 11 is 0. The van der Waals surface area contributed by atoms with Gasteiger partial charge in [0.15, 0.2) is 11.5 Å². The fourth-order valence-electron chi connectivity index (χ4n) is 4.37. The minimum Gasteiger partial charge on any atom is -0.493 e. The molecule has 2 amide bonds. The normalized spacial score (nSPS) is 20.5. The van der Waals surface area contributed by atoms with Crippen LogP contribution >= 0.6 is 0 Å². The van der Waals surface area contributed by atoms with E-state index in [1.165, 1.54) is 7.11 Å². The van der Waals surface area contributed by atoms with Gasteiger partial charge >= 0.3 is 0 Å². The number of ether oxygens (including phenoxy) is 3. The van der Waals surface area contributed by atoms with Crippen molar-refractivity contribution in [1.82, 2.24) is 9.80 Å². The summed E-state index contributed by atoms with van der Waals surface area (Å²) in [4.78, 5) is 29.5. The second kappa shape index (κ2) is 9.28. The number of carbonyl (C=O) groups excluding carboxylic acids is 2. The molecule has 28 heavy (non-hydrogen) atoms. The summed E-state index contributed by atoms with van der Waals surface area (Å²) in [6.07, 6.45) is 3.49. The molecule has 1 aromatic rings. The molecule has 0 saturated carbocycles. The first kappa shape index (κ1) is 20.5. The third-order valence-electron chi connectivity index (χ3n) is 5.66. The van der Waals surface area contributed by atoms with Crippen molar-refractivity contribution in [2.24, 2.45) is 0 Å². The number of methoxy groups -OCH3 is 2. The van der Waals surface area contributed by atoms with Crippen LogP contribution in [0.15, 0.2) is 18.2 Å². The van der Waals surface area contributed by atoms with Crippen LogP contribution in [0.5, 0.6) is 11.5 Å². The first-order valence-electron chi connectivity index (χ1n) is 9.93. The van der Waals surface area contributed by atoms with Crippen LogP contribution in [0.1, 0.15) is 43.0 Å². The van der Waals surface area contributed by atoms with Crippen LogP contribution in [0.25, 0.3) is 0 Å². The average molecular weight is 390 g/mol. The Morgan fingerprint density at radius 1 is 1.11 bits per heavy atom. The molecule has 2 aliphatic rings. The van der Waals surface area contributed by atoms with Gasteiger partial charge in [-0.05, 0) is 37.8 Å². The van der Waals surface area contributed by atoms with E-state index >= 15 is 0 Å². The predicted molar refractivity (Wildman–Crippen MR) is 105 cm³/mol. The van der Waals surface area contributed by atoms with Gasteiger partial charge < -0.3 is 24.0 Å². The Bertz CT molecular complexity index is 702. The summed E-state index contributed by atoms with van der Waals surface area (Å²) in [5.41, 5.74) is 0.489. The van der Waals surface area contributed by atoms with Crippen molar-refractivity contribution in [3.8, 4) is 11.5 Å². The number of rotatable bonds is 5. The third-order valence-corrected chi connectivity index (χ3v) is 5.66. The number of piperidine rings is 1. The van der Waals surface area contributed by atoms with Crippen molar-refractivity contribution < 1.29 is 23.8 Å². The fourth-order valence-corrected chi connectivity index (χ4v) is 4.37. The summed E-state index contributed by atoms with van der Waals surface area (Å²) in [5, 5.41) is 0. The first-order valence-corrected chi connectivity index (χ1v) is 9.93. The van der Waals surface area contributed by atoms with Gasteiger partial charge in [-0.1, -0.05) is 6.07 Å². The summed E-state index contributed by atoms with van der Waals surface area (Å²) in [5.74, 6) is 0.973. The Balaban J connectivity index is 1.79. The number of carbonyl (C=O) groups is 2. The predicted octanol–water partition coefficient (Wildman–Crippen LogP) is 2.34. The molecular weight excluding hydrogens is 360 g/mol. The van der Waals surface area contributed by atoms with Crippen molar-refractivity contribution in [1.29, 1.82) is 0 Å². The van der Waals surface area contributed by atoms with Crippen LogP contribution in [0.2, 0.25) is 0 Å². The molecule has 2 aliphatic heterocycles. The molecule has 2 heterocycles. The highest BCUT2D eigenvalue weighted by molar-refractivity contribution is 5.98. The molecular formula is C21H30N2O5. The topological polar surface area (TPSA) is 68.3 Å². The van der Waals surface area contributed by atoms with Gasteiger partial charge in [0.05, 0.1) is 19.8 Å². The average Bonchev–Trinajstić information content (AvgIpc) is 2.73. The monoisotopic (exact) mass is 390 g/mol. The van der Waals surface area contributed by atoms with Gasteiger partial charge in [-0.25, -0.2) is 0 Å². The van der Waals surface area contributed by atoms with Crippen LogP contribution in [-0.2, 0) is 9.53 Å². The van der Waals surface area contributed by atoms with E-state index in [0.29, 0.717) is 43.4 Å².